The van der Waals surface area contributed by atoms with E-state index in [1.807, 2.05) is 31.3 Å². The van der Waals surface area contributed by atoms with E-state index in [1.54, 1.807) is 14.2 Å². The standard InChI is InChI=1S/C19H18NO4.ClH/c1-20-10-15-9-19(22-3)18(21-2)8-14(15)6-16(20)12-4-5-13-11-23-24-17(13)7-12;/h4-10H,11H2,1-3H3;1H/q+1;/p-1. The summed E-state index contributed by atoms with van der Waals surface area (Å²) in [5.41, 5.74) is 3.21. The first-order valence-electron chi connectivity index (χ1n) is 7.68. The van der Waals surface area contributed by atoms with E-state index in [-0.39, 0.29) is 12.4 Å². The molecule has 0 amide bonds. The minimum Gasteiger partial charge on any atom is -1.00 e. The zero-order valence-corrected chi connectivity index (χ0v) is 15.0. The van der Waals surface area contributed by atoms with E-state index in [9.17, 15) is 0 Å². The predicted octanol–water partition coefficient (Wildman–Crippen LogP) is 0.176. The summed E-state index contributed by atoms with van der Waals surface area (Å²) >= 11 is 0. The summed E-state index contributed by atoms with van der Waals surface area (Å²) < 4.78 is 12.9. The van der Waals surface area contributed by atoms with Crippen molar-refractivity contribution in [2.45, 2.75) is 6.61 Å². The molecular weight excluding hydrogens is 342 g/mol. The average Bonchev–Trinajstić information content (AvgIpc) is 3.07. The molecule has 0 radical (unpaired) electrons. The van der Waals surface area contributed by atoms with Gasteiger partial charge >= 0.3 is 0 Å². The Morgan fingerprint density at radius 2 is 1.68 bits per heavy atom. The van der Waals surface area contributed by atoms with Crippen molar-refractivity contribution in [2.24, 2.45) is 7.05 Å². The van der Waals surface area contributed by atoms with Crippen LogP contribution in [0.1, 0.15) is 5.56 Å². The molecule has 2 aromatic carbocycles. The number of ether oxygens (including phenoxy) is 2. The summed E-state index contributed by atoms with van der Waals surface area (Å²) in [5, 5.41) is 2.16. The van der Waals surface area contributed by atoms with Crippen LogP contribution in [0.15, 0.2) is 42.6 Å². The van der Waals surface area contributed by atoms with Crippen LogP contribution in [-0.4, -0.2) is 14.2 Å². The predicted molar refractivity (Wildman–Crippen MR) is 89.1 cm³/mol. The average molecular weight is 360 g/mol. The number of aromatic nitrogens is 1. The Bertz CT molecular complexity index is 942. The zero-order chi connectivity index (χ0) is 16.7. The highest BCUT2D eigenvalue weighted by atomic mass is 35.5. The molecule has 130 valence electrons. The number of hydrogen-bond donors (Lipinski definition) is 0. The van der Waals surface area contributed by atoms with Gasteiger partial charge in [-0.25, -0.2) is 4.57 Å². The van der Waals surface area contributed by atoms with Crippen LogP contribution < -0.4 is 31.3 Å². The van der Waals surface area contributed by atoms with Crippen molar-refractivity contribution in [2.75, 3.05) is 14.2 Å². The maximum Gasteiger partial charge on any atom is 0.213 e. The zero-order valence-electron chi connectivity index (χ0n) is 14.2. The molecule has 6 heteroatoms. The largest absolute Gasteiger partial charge is 1.00 e. The molecule has 25 heavy (non-hydrogen) atoms. The van der Waals surface area contributed by atoms with Gasteiger partial charge in [-0.05, 0) is 29.7 Å². The van der Waals surface area contributed by atoms with E-state index in [0.29, 0.717) is 6.61 Å². The van der Waals surface area contributed by atoms with Crippen molar-refractivity contribution < 1.29 is 36.2 Å². The van der Waals surface area contributed by atoms with Crippen molar-refractivity contribution in [3.05, 3.63) is 48.2 Å². The summed E-state index contributed by atoms with van der Waals surface area (Å²) in [4.78, 5) is 10.2. The van der Waals surface area contributed by atoms with Gasteiger partial charge in [0, 0.05) is 22.6 Å². The second-order valence-electron chi connectivity index (χ2n) is 5.77. The van der Waals surface area contributed by atoms with Gasteiger partial charge in [0.25, 0.3) is 0 Å². The van der Waals surface area contributed by atoms with Gasteiger partial charge < -0.3 is 26.8 Å². The maximum absolute atomic E-state index is 5.41. The minimum absolute atomic E-state index is 0. The third-order valence-electron chi connectivity index (χ3n) is 4.32. The highest BCUT2D eigenvalue weighted by Gasteiger charge is 2.19. The molecule has 0 unspecified atom stereocenters. The van der Waals surface area contributed by atoms with Gasteiger partial charge in [0.15, 0.2) is 23.4 Å². The maximum atomic E-state index is 5.41. The van der Waals surface area contributed by atoms with Gasteiger partial charge in [0.2, 0.25) is 5.69 Å². The number of aryl methyl sites for hydroxylation is 1. The van der Waals surface area contributed by atoms with Crippen LogP contribution in [0.5, 0.6) is 17.2 Å². The van der Waals surface area contributed by atoms with Gasteiger partial charge in [-0.15, -0.1) is 0 Å². The van der Waals surface area contributed by atoms with E-state index in [0.717, 1.165) is 44.8 Å². The van der Waals surface area contributed by atoms with Gasteiger partial charge in [-0.1, -0.05) is 6.07 Å². The first-order valence-corrected chi connectivity index (χ1v) is 7.68. The number of fused-ring (bicyclic) bond motifs is 2. The molecule has 0 atom stereocenters. The molecule has 0 N–H and O–H groups in total. The number of rotatable bonds is 3. The van der Waals surface area contributed by atoms with Crippen molar-refractivity contribution in [3.63, 3.8) is 0 Å². The van der Waals surface area contributed by atoms with Crippen LogP contribution in [0, 0.1) is 0 Å². The Labute approximate surface area is 152 Å². The Kier molecular flexibility index (Phi) is 4.70. The van der Waals surface area contributed by atoms with Crippen molar-refractivity contribution >= 4 is 10.8 Å². The van der Waals surface area contributed by atoms with Crippen LogP contribution >= 0.6 is 0 Å². The quantitative estimate of drug-likeness (QED) is 0.494. The SMILES string of the molecule is COc1cc2cc(-c3ccc4c(c3)OOC4)[n+](C)cc2cc1OC.[Cl-]. The lowest BCUT2D eigenvalue weighted by Crippen LogP contribution is -3.00. The molecule has 2 heterocycles. The smallest absolute Gasteiger partial charge is 0.213 e. The van der Waals surface area contributed by atoms with Gasteiger partial charge in [-0.2, -0.15) is 4.89 Å². The lowest BCUT2D eigenvalue weighted by atomic mass is 10.0. The van der Waals surface area contributed by atoms with Crippen LogP contribution in [0.2, 0.25) is 0 Å². The van der Waals surface area contributed by atoms with Crippen molar-refractivity contribution in [1.82, 2.24) is 0 Å². The first kappa shape index (κ1) is 17.3. The molecule has 1 aliphatic heterocycles. The number of halogens is 1. The Morgan fingerprint density at radius 3 is 2.40 bits per heavy atom. The van der Waals surface area contributed by atoms with Gasteiger partial charge in [0.1, 0.15) is 13.7 Å². The fraction of sp³-hybridized carbons (Fsp3) is 0.211. The molecule has 0 spiro atoms. The number of pyridine rings is 1. The second kappa shape index (κ2) is 6.78. The molecule has 5 nitrogen and oxygen atoms in total. The lowest BCUT2D eigenvalue weighted by Gasteiger charge is -2.09. The highest BCUT2D eigenvalue weighted by molar-refractivity contribution is 5.87. The molecular formula is C19H18ClNO4. The van der Waals surface area contributed by atoms with Crippen LogP contribution in [0.3, 0.4) is 0 Å². The van der Waals surface area contributed by atoms with E-state index < -0.39 is 0 Å². The molecule has 0 saturated carbocycles. The van der Waals surface area contributed by atoms with E-state index >= 15 is 0 Å². The minimum atomic E-state index is 0. The molecule has 4 rings (SSSR count). The van der Waals surface area contributed by atoms with Crippen LogP contribution in [0.25, 0.3) is 22.0 Å². The number of benzene rings is 2. The third kappa shape index (κ3) is 2.97. The summed E-state index contributed by atoms with van der Waals surface area (Å²) in [6.45, 7) is 0.496. The normalized spacial score (nSPS) is 12.3. The molecule has 1 aromatic heterocycles. The van der Waals surface area contributed by atoms with Gasteiger partial charge in [0.05, 0.1) is 14.2 Å². The van der Waals surface area contributed by atoms with E-state index in [4.69, 9.17) is 19.2 Å². The number of nitrogens with zero attached hydrogens (tertiary/aromatic N) is 1. The van der Waals surface area contributed by atoms with E-state index in [2.05, 4.69) is 22.9 Å². The molecule has 0 bridgehead atoms. The summed E-state index contributed by atoms with van der Waals surface area (Å²) in [5.74, 6) is 2.22. The number of methoxy groups -OCH3 is 2. The Balaban J connectivity index is 0.00000182. The monoisotopic (exact) mass is 359 g/mol. The summed E-state index contributed by atoms with van der Waals surface area (Å²) in [6.07, 6.45) is 2.08. The highest BCUT2D eigenvalue weighted by Crippen LogP contribution is 2.34. The van der Waals surface area contributed by atoms with E-state index in [1.165, 1.54) is 0 Å². The third-order valence-corrected chi connectivity index (χ3v) is 4.32. The van der Waals surface area contributed by atoms with Crippen molar-refractivity contribution in [3.8, 4) is 28.5 Å². The summed E-state index contributed by atoms with van der Waals surface area (Å²) in [6, 6.07) is 12.2. The van der Waals surface area contributed by atoms with Crippen LogP contribution in [-0.2, 0) is 18.5 Å². The first-order chi connectivity index (χ1) is 11.7. The summed E-state index contributed by atoms with van der Waals surface area (Å²) in [7, 11) is 5.31. The Morgan fingerprint density at radius 1 is 0.960 bits per heavy atom. The topological polar surface area (TPSA) is 40.8 Å². The molecule has 3 aromatic rings. The number of hydrogen-bond acceptors (Lipinski definition) is 4. The van der Waals surface area contributed by atoms with Gasteiger partial charge in [-0.3, -0.25) is 0 Å². The Hall–Kier alpha value is -2.50. The molecule has 0 aliphatic carbocycles. The second-order valence-corrected chi connectivity index (χ2v) is 5.77. The fourth-order valence-corrected chi connectivity index (χ4v) is 3.03. The molecule has 0 fully saturated rings. The fourth-order valence-electron chi connectivity index (χ4n) is 3.03. The molecule has 0 saturated heterocycles. The lowest BCUT2D eigenvalue weighted by molar-refractivity contribution is -0.659. The van der Waals surface area contributed by atoms with Crippen LogP contribution in [0.4, 0.5) is 0 Å². The van der Waals surface area contributed by atoms with Crippen molar-refractivity contribution in [1.29, 1.82) is 0 Å². The molecule has 1 aliphatic rings.